The fourth-order valence-electron chi connectivity index (χ4n) is 4.86. The summed E-state index contributed by atoms with van der Waals surface area (Å²) >= 11 is 5.13. The van der Waals surface area contributed by atoms with Gasteiger partial charge in [-0.05, 0) is 86.1 Å². The van der Waals surface area contributed by atoms with E-state index >= 15 is 0 Å². The third kappa shape index (κ3) is 4.91. The van der Waals surface area contributed by atoms with Gasteiger partial charge in [0, 0.05) is 33.7 Å². The number of hydrogen-bond acceptors (Lipinski definition) is 6. The molecule has 6 rings (SSSR count). The molecule has 0 amide bonds. The van der Waals surface area contributed by atoms with Gasteiger partial charge in [0.05, 0.1) is 4.88 Å². The molecule has 0 radical (unpaired) electrons. The maximum absolute atomic E-state index is 9.99. The number of likely N-dealkylation sites (tertiary alicyclic amines) is 1. The SMILES string of the molecule is Oc1ccc2c(Oc3ccc(OC4CN(C5CCNCC5)C4)cc3)c(-c3ccc(Br)cc3)sc2c1. The molecule has 3 heterocycles. The molecule has 0 unspecified atom stereocenters. The van der Waals surface area contributed by atoms with E-state index in [9.17, 15) is 5.11 Å². The number of nitrogens with one attached hydrogen (secondary N) is 1. The Bertz CT molecular complexity index is 1310. The van der Waals surface area contributed by atoms with Crippen molar-refractivity contribution in [1.29, 1.82) is 0 Å². The Morgan fingerprint density at radius 1 is 0.914 bits per heavy atom. The van der Waals surface area contributed by atoms with Crippen molar-refractivity contribution >= 4 is 37.4 Å². The topological polar surface area (TPSA) is 54.0 Å². The summed E-state index contributed by atoms with van der Waals surface area (Å²) in [4.78, 5) is 3.58. The summed E-state index contributed by atoms with van der Waals surface area (Å²) in [6.45, 7) is 4.26. The molecule has 2 fully saturated rings. The van der Waals surface area contributed by atoms with Gasteiger partial charge in [-0.25, -0.2) is 0 Å². The van der Waals surface area contributed by atoms with Gasteiger partial charge in [-0.2, -0.15) is 0 Å². The zero-order valence-electron chi connectivity index (χ0n) is 19.2. The Labute approximate surface area is 217 Å². The molecule has 5 nitrogen and oxygen atoms in total. The van der Waals surface area contributed by atoms with Crippen molar-refractivity contribution < 1.29 is 14.6 Å². The first-order valence-electron chi connectivity index (χ1n) is 12.0. The van der Waals surface area contributed by atoms with Gasteiger partial charge in [-0.3, -0.25) is 4.90 Å². The highest BCUT2D eigenvalue weighted by Gasteiger charge is 2.34. The molecule has 0 aliphatic carbocycles. The second kappa shape index (κ2) is 9.82. The molecule has 35 heavy (non-hydrogen) atoms. The van der Waals surface area contributed by atoms with Crippen LogP contribution in [-0.2, 0) is 0 Å². The predicted octanol–water partition coefficient (Wildman–Crippen LogP) is 6.64. The lowest BCUT2D eigenvalue weighted by Gasteiger charge is -2.45. The number of piperidine rings is 1. The summed E-state index contributed by atoms with van der Waals surface area (Å²) in [7, 11) is 0. The van der Waals surface area contributed by atoms with Crippen molar-refractivity contribution in [3.63, 3.8) is 0 Å². The first-order valence-corrected chi connectivity index (χ1v) is 13.6. The van der Waals surface area contributed by atoms with Crippen LogP contribution in [0.25, 0.3) is 20.5 Å². The minimum absolute atomic E-state index is 0.254. The van der Waals surface area contributed by atoms with E-state index in [4.69, 9.17) is 9.47 Å². The third-order valence-electron chi connectivity index (χ3n) is 6.78. The Morgan fingerprint density at radius 2 is 1.63 bits per heavy atom. The van der Waals surface area contributed by atoms with Gasteiger partial charge in [0.15, 0.2) is 5.75 Å². The first-order chi connectivity index (χ1) is 17.1. The smallest absolute Gasteiger partial charge is 0.153 e. The Morgan fingerprint density at radius 3 is 2.37 bits per heavy atom. The summed E-state index contributed by atoms with van der Waals surface area (Å²) in [5.41, 5.74) is 1.08. The second-order valence-electron chi connectivity index (χ2n) is 9.20. The summed E-state index contributed by atoms with van der Waals surface area (Å²) in [6.07, 6.45) is 2.73. The van der Waals surface area contributed by atoms with E-state index in [1.165, 1.54) is 12.8 Å². The summed E-state index contributed by atoms with van der Waals surface area (Å²) in [6, 6.07) is 22.2. The van der Waals surface area contributed by atoms with Crippen molar-refractivity contribution in [2.24, 2.45) is 0 Å². The van der Waals surface area contributed by atoms with E-state index in [1.54, 1.807) is 23.5 Å². The van der Waals surface area contributed by atoms with E-state index in [2.05, 4.69) is 38.3 Å². The van der Waals surface area contributed by atoms with Gasteiger partial charge < -0.3 is 19.9 Å². The van der Waals surface area contributed by atoms with E-state index in [1.807, 2.05) is 42.5 Å². The number of benzene rings is 3. The number of rotatable bonds is 6. The van der Waals surface area contributed by atoms with Gasteiger partial charge in [0.25, 0.3) is 0 Å². The monoisotopic (exact) mass is 550 g/mol. The molecule has 7 heteroatoms. The average molecular weight is 552 g/mol. The van der Waals surface area contributed by atoms with Crippen LogP contribution in [0.15, 0.2) is 71.2 Å². The van der Waals surface area contributed by atoms with Crippen LogP contribution in [0.5, 0.6) is 23.0 Å². The highest BCUT2D eigenvalue weighted by atomic mass is 79.9. The Kier molecular flexibility index (Phi) is 6.41. The molecule has 0 atom stereocenters. The number of fused-ring (bicyclic) bond motifs is 1. The summed E-state index contributed by atoms with van der Waals surface area (Å²) in [5, 5.41) is 14.4. The molecule has 1 aromatic heterocycles. The normalized spacial score (nSPS) is 17.4. The minimum Gasteiger partial charge on any atom is -0.508 e. The van der Waals surface area contributed by atoms with Crippen molar-refractivity contribution in [1.82, 2.24) is 10.2 Å². The third-order valence-corrected chi connectivity index (χ3v) is 8.49. The van der Waals surface area contributed by atoms with Crippen LogP contribution in [-0.4, -0.2) is 48.3 Å². The number of halogens is 1. The number of ether oxygens (including phenoxy) is 2. The number of phenols is 1. The van der Waals surface area contributed by atoms with Crippen LogP contribution in [0.4, 0.5) is 0 Å². The lowest BCUT2D eigenvalue weighted by Crippen LogP contribution is -2.59. The molecule has 4 aromatic rings. The van der Waals surface area contributed by atoms with E-state index < -0.39 is 0 Å². The molecule has 0 saturated carbocycles. The number of thiophene rings is 1. The maximum atomic E-state index is 9.99. The number of nitrogens with zero attached hydrogens (tertiary/aromatic N) is 1. The highest BCUT2D eigenvalue weighted by molar-refractivity contribution is 9.10. The lowest BCUT2D eigenvalue weighted by atomic mass is 10.00. The zero-order chi connectivity index (χ0) is 23.8. The molecule has 3 aromatic carbocycles. The lowest BCUT2D eigenvalue weighted by molar-refractivity contribution is -0.0169. The van der Waals surface area contributed by atoms with Crippen LogP contribution < -0.4 is 14.8 Å². The maximum Gasteiger partial charge on any atom is 0.153 e. The van der Waals surface area contributed by atoms with E-state index in [0.29, 0.717) is 6.04 Å². The van der Waals surface area contributed by atoms with Crippen LogP contribution in [0.2, 0.25) is 0 Å². The Hall–Kier alpha value is -2.58. The van der Waals surface area contributed by atoms with Gasteiger partial charge in [-0.15, -0.1) is 11.3 Å². The average Bonchev–Trinajstić information content (AvgIpc) is 3.20. The van der Waals surface area contributed by atoms with Crippen LogP contribution >= 0.6 is 27.3 Å². The number of phenolic OH excluding ortho intramolecular Hbond substituents is 1. The van der Waals surface area contributed by atoms with Gasteiger partial charge in [-0.1, -0.05) is 28.1 Å². The van der Waals surface area contributed by atoms with Crippen molar-refractivity contribution in [3.05, 3.63) is 71.2 Å². The molecule has 0 bridgehead atoms. The number of hydrogen-bond donors (Lipinski definition) is 2. The molecular formula is C28H27BrN2O3S. The quantitative estimate of drug-likeness (QED) is 0.281. The largest absolute Gasteiger partial charge is 0.508 e. The summed E-state index contributed by atoms with van der Waals surface area (Å²) in [5.74, 6) is 2.69. The Balaban J connectivity index is 1.17. The molecule has 2 N–H and O–H groups in total. The standard InChI is InChI=1S/C28H27BrN2O3S/c29-19-3-1-18(2-4-19)28-27(25-10-5-21(32)15-26(25)35-28)34-23-8-6-22(7-9-23)33-24-16-31(17-24)20-11-13-30-14-12-20/h1-10,15,20,24,30,32H,11-14,16-17H2. The van der Waals surface area contributed by atoms with Crippen molar-refractivity contribution in [3.8, 4) is 33.4 Å². The molecule has 2 aliphatic rings. The van der Waals surface area contributed by atoms with Crippen LogP contribution in [0, 0.1) is 0 Å². The predicted molar refractivity (Wildman–Crippen MR) is 145 cm³/mol. The zero-order valence-corrected chi connectivity index (χ0v) is 21.6. The van der Waals surface area contributed by atoms with Crippen LogP contribution in [0.1, 0.15) is 12.8 Å². The number of aromatic hydroxyl groups is 1. The fraction of sp³-hybridized carbons (Fsp3) is 0.286. The van der Waals surface area contributed by atoms with E-state index in [-0.39, 0.29) is 11.9 Å². The van der Waals surface area contributed by atoms with Gasteiger partial charge in [0.2, 0.25) is 0 Å². The summed E-state index contributed by atoms with van der Waals surface area (Å²) < 4.78 is 14.7. The van der Waals surface area contributed by atoms with E-state index in [0.717, 1.165) is 68.4 Å². The van der Waals surface area contributed by atoms with Crippen molar-refractivity contribution in [2.75, 3.05) is 26.2 Å². The molecular weight excluding hydrogens is 524 g/mol. The molecule has 0 spiro atoms. The first kappa shape index (κ1) is 22.9. The fourth-order valence-corrected chi connectivity index (χ4v) is 6.30. The second-order valence-corrected chi connectivity index (χ2v) is 11.2. The van der Waals surface area contributed by atoms with Crippen LogP contribution in [0.3, 0.4) is 0 Å². The molecule has 180 valence electrons. The van der Waals surface area contributed by atoms with Gasteiger partial charge in [0.1, 0.15) is 23.4 Å². The minimum atomic E-state index is 0.254. The molecule has 2 saturated heterocycles. The highest BCUT2D eigenvalue weighted by Crippen LogP contribution is 2.47. The van der Waals surface area contributed by atoms with Crippen molar-refractivity contribution in [2.45, 2.75) is 25.0 Å². The molecule has 2 aliphatic heterocycles. The van der Waals surface area contributed by atoms with Gasteiger partial charge >= 0.3 is 0 Å².